The van der Waals surface area contributed by atoms with Crippen LogP contribution >= 0.6 is 0 Å². The molecular weight excluding hydrogens is 216 g/mol. The van der Waals surface area contributed by atoms with Gasteiger partial charge in [0.1, 0.15) is 5.69 Å². The fourth-order valence-electron chi connectivity index (χ4n) is 3.08. The Bertz CT molecular complexity index is 581. The second-order valence-corrected chi connectivity index (χ2v) is 4.69. The lowest BCUT2D eigenvalue weighted by Gasteiger charge is -1.98. The van der Waals surface area contributed by atoms with Crippen molar-refractivity contribution in [2.45, 2.75) is 19.3 Å². The second-order valence-electron chi connectivity index (χ2n) is 4.69. The van der Waals surface area contributed by atoms with Crippen molar-refractivity contribution in [3.8, 4) is 11.5 Å². The van der Waals surface area contributed by atoms with Crippen molar-refractivity contribution >= 4 is 0 Å². The maximum atomic E-state index is 4.43. The van der Waals surface area contributed by atoms with Crippen LogP contribution in [0.4, 0.5) is 0 Å². The highest BCUT2D eigenvalue weighted by atomic mass is 15.5. The SMILES string of the molecule is C/C=C/C1C2Cc3c(n[nH]c3-c3nn[nH]n3)C12. The molecule has 2 aromatic heterocycles. The minimum absolute atomic E-state index is 0.609. The molecule has 4 rings (SSSR count). The van der Waals surface area contributed by atoms with Gasteiger partial charge in [-0.1, -0.05) is 12.2 Å². The minimum atomic E-state index is 0.609. The first-order chi connectivity index (χ1) is 8.40. The number of hydrogen-bond acceptors (Lipinski definition) is 4. The van der Waals surface area contributed by atoms with E-state index in [-0.39, 0.29) is 0 Å². The van der Waals surface area contributed by atoms with E-state index in [9.17, 15) is 0 Å². The quantitative estimate of drug-likeness (QED) is 0.752. The standard InChI is InChI=1S/C11H12N6/c1-2-3-5-6-4-7-9(8(5)6)12-13-10(7)11-14-16-17-15-11/h2-3,5-6,8H,4H2,1H3,(H,12,13)(H,14,15,16,17)/b3-2+. The van der Waals surface area contributed by atoms with E-state index in [4.69, 9.17) is 0 Å². The molecule has 0 aliphatic heterocycles. The van der Waals surface area contributed by atoms with E-state index < -0.39 is 0 Å². The zero-order chi connectivity index (χ0) is 11.4. The number of aromatic amines is 2. The summed E-state index contributed by atoms with van der Waals surface area (Å²) >= 11 is 0. The fourth-order valence-corrected chi connectivity index (χ4v) is 3.08. The molecule has 0 spiro atoms. The van der Waals surface area contributed by atoms with Gasteiger partial charge in [0.15, 0.2) is 0 Å². The molecule has 17 heavy (non-hydrogen) atoms. The predicted octanol–water partition coefficient (Wildman–Crippen LogP) is 1.05. The zero-order valence-electron chi connectivity index (χ0n) is 9.38. The number of aromatic nitrogens is 6. The smallest absolute Gasteiger partial charge is 0.222 e. The van der Waals surface area contributed by atoms with Gasteiger partial charge in [-0.3, -0.25) is 5.10 Å². The van der Waals surface area contributed by atoms with Crippen LogP contribution in [0.25, 0.3) is 11.5 Å². The van der Waals surface area contributed by atoms with Crippen LogP contribution in [0.1, 0.15) is 24.1 Å². The Labute approximate surface area is 97.5 Å². The summed E-state index contributed by atoms with van der Waals surface area (Å²) in [6.07, 6.45) is 5.51. The average molecular weight is 228 g/mol. The molecule has 2 aliphatic carbocycles. The highest BCUT2D eigenvalue weighted by molar-refractivity contribution is 5.60. The summed E-state index contributed by atoms with van der Waals surface area (Å²) in [4.78, 5) is 0. The molecular formula is C11H12N6. The molecule has 0 saturated heterocycles. The van der Waals surface area contributed by atoms with E-state index in [1.54, 1.807) is 0 Å². The molecule has 2 aliphatic rings. The van der Waals surface area contributed by atoms with E-state index in [1.807, 2.05) is 0 Å². The molecule has 3 unspecified atom stereocenters. The van der Waals surface area contributed by atoms with Crippen molar-refractivity contribution in [1.29, 1.82) is 0 Å². The number of fused-ring (bicyclic) bond motifs is 3. The Morgan fingerprint density at radius 1 is 1.35 bits per heavy atom. The van der Waals surface area contributed by atoms with Crippen molar-refractivity contribution in [3.05, 3.63) is 23.4 Å². The average Bonchev–Trinajstić information content (AvgIpc) is 2.82. The van der Waals surface area contributed by atoms with Crippen LogP contribution in [0, 0.1) is 11.8 Å². The predicted molar refractivity (Wildman–Crippen MR) is 60.0 cm³/mol. The van der Waals surface area contributed by atoms with Crippen LogP contribution in [0.3, 0.4) is 0 Å². The van der Waals surface area contributed by atoms with Gasteiger partial charge in [0.25, 0.3) is 0 Å². The minimum Gasteiger partial charge on any atom is -0.274 e. The van der Waals surface area contributed by atoms with E-state index >= 15 is 0 Å². The number of rotatable bonds is 2. The molecule has 3 atom stereocenters. The van der Waals surface area contributed by atoms with Gasteiger partial charge in [-0.15, -0.1) is 10.2 Å². The third kappa shape index (κ3) is 1.09. The van der Waals surface area contributed by atoms with Gasteiger partial charge in [0, 0.05) is 11.5 Å². The number of allylic oxidation sites excluding steroid dienone is 2. The first-order valence-electron chi connectivity index (χ1n) is 5.84. The molecule has 2 aromatic rings. The molecule has 1 saturated carbocycles. The summed E-state index contributed by atoms with van der Waals surface area (Å²) in [6.45, 7) is 2.07. The summed E-state index contributed by atoms with van der Waals surface area (Å²) in [5.74, 6) is 2.65. The monoisotopic (exact) mass is 228 g/mol. The van der Waals surface area contributed by atoms with Gasteiger partial charge in [-0.2, -0.15) is 10.3 Å². The lowest BCUT2D eigenvalue weighted by Crippen LogP contribution is -1.92. The van der Waals surface area contributed by atoms with E-state index in [1.165, 1.54) is 11.3 Å². The molecule has 0 radical (unpaired) electrons. The highest BCUT2D eigenvalue weighted by Crippen LogP contribution is 2.62. The summed E-state index contributed by atoms with van der Waals surface area (Å²) in [7, 11) is 0. The Morgan fingerprint density at radius 2 is 2.29 bits per heavy atom. The molecule has 1 fully saturated rings. The van der Waals surface area contributed by atoms with Gasteiger partial charge in [0.2, 0.25) is 5.82 Å². The molecule has 0 aromatic carbocycles. The van der Waals surface area contributed by atoms with Gasteiger partial charge >= 0.3 is 0 Å². The largest absolute Gasteiger partial charge is 0.274 e. The first kappa shape index (κ1) is 9.09. The molecule has 6 heteroatoms. The summed E-state index contributed by atoms with van der Waals surface area (Å²) in [5.41, 5.74) is 3.42. The van der Waals surface area contributed by atoms with Gasteiger partial charge in [-0.05, 0) is 30.4 Å². The number of nitrogens with one attached hydrogen (secondary N) is 2. The number of hydrogen-bond donors (Lipinski definition) is 2. The van der Waals surface area contributed by atoms with Crippen molar-refractivity contribution in [2.24, 2.45) is 11.8 Å². The number of tetrazole rings is 1. The van der Waals surface area contributed by atoms with Crippen LogP contribution in [0.2, 0.25) is 0 Å². The van der Waals surface area contributed by atoms with Crippen LogP contribution in [0.15, 0.2) is 12.2 Å². The van der Waals surface area contributed by atoms with Crippen molar-refractivity contribution in [2.75, 3.05) is 0 Å². The van der Waals surface area contributed by atoms with Crippen LogP contribution in [-0.4, -0.2) is 30.8 Å². The fraction of sp³-hybridized carbons (Fsp3) is 0.455. The van der Waals surface area contributed by atoms with E-state index in [2.05, 4.69) is 49.9 Å². The van der Waals surface area contributed by atoms with Gasteiger partial charge in [-0.25, -0.2) is 0 Å². The molecule has 6 nitrogen and oxygen atoms in total. The Morgan fingerprint density at radius 3 is 3.06 bits per heavy atom. The normalized spacial score (nSPS) is 29.6. The molecule has 2 heterocycles. The van der Waals surface area contributed by atoms with Crippen molar-refractivity contribution in [1.82, 2.24) is 30.8 Å². The Balaban J connectivity index is 1.73. The zero-order valence-corrected chi connectivity index (χ0v) is 9.38. The molecule has 0 bridgehead atoms. The maximum Gasteiger partial charge on any atom is 0.222 e. The van der Waals surface area contributed by atoms with Crippen molar-refractivity contribution < 1.29 is 0 Å². The van der Waals surface area contributed by atoms with Crippen LogP contribution < -0.4 is 0 Å². The van der Waals surface area contributed by atoms with E-state index in [0.717, 1.165) is 18.0 Å². The molecule has 0 amide bonds. The lowest BCUT2D eigenvalue weighted by atomic mass is 10.1. The molecule has 2 N–H and O–H groups in total. The third-order valence-corrected chi connectivity index (χ3v) is 3.87. The van der Waals surface area contributed by atoms with Crippen molar-refractivity contribution in [3.63, 3.8) is 0 Å². The Kier molecular flexibility index (Phi) is 1.62. The second kappa shape index (κ2) is 3.03. The maximum absolute atomic E-state index is 4.43. The summed E-state index contributed by atoms with van der Waals surface area (Å²) < 4.78 is 0. The van der Waals surface area contributed by atoms with Gasteiger partial charge in [0.05, 0.1) is 5.69 Å². The first-order valence-corrected chi connectivity index (χ1v) is 5.84. The lowest BCUT2D eigenvalue weighted by molar-refractivity contribution is 0.797. The van der Waals surface area contributed by atoms with Gasteiger partial charge < -0.3 is 0 Å². The topological polar surface area (TPSA) is 83.1 Å². The van der Waals surface area contributed by atoms with Crippen LogP contribution in [0.5, 0.6) is 0 Å². The third-order valence-electron chi connectivity index (χ3n) is 3.87. The summed E-state index contributed by atoms with van der Waals surface area (Å²) in [6, 6.07) is 0. The van der Waals surface area contributed by atoms with Crippen LogP contribution in [-0.2, 0) is 6.42 Å². The molecule has 86 valence electrons. The number of H-pyrrole nitrogens is 2. The van der Waals surface area contributed by atoms with E-state index in [0.29, 0.717) is 17.7 Å². The number of nitrogens with zero attached hydrogens (tertiary/aromatic N) is 4. The summed E-state index contributed by atoms with van der Waals surface area (Å²) in [5, 5.41) is 21.5. The highest BCUT2D eigenvalue weighted by Gasteiger charge is 2.56. The Hall–Kier alpha value is -1.98.